The van der Waals surface area contributed by atoms with Crippen LogP contribution in [0.15, 0.2) is 78.9 Å². The lowest BCUT2D eigenvalue weighted by Gasteiger charge is -2.20. The Kier molecular flexibility index (Phi) is 7.27. The van der Waals surface area contributed by atoms with Crippen LogP contribution in [0.2, 0.25) is 0 Å². The molecule has 1 unspecified atom stereocenters. The van der Waals surface area contributed by atoms with Crippen LogP contribution in [-0.2, 0) is 16.0 Å². The van der Waals surface area contributed by atoms with E-state index in [1.54, 1.807) is 24.3 Å². The van der Waals surface area contributed by atoms with Crippen LogP contribution >= 0.6 is 11.3 Å². The molecule has 0 spiro atoms. The number of carbonyl (C=O) groups is 2. The van der Waals surface area contributed by atoms with E-state index in [9.17, 15) is 9.59 Å². The molecule has 0 bridgehead atoms. The predicted octanol–water partition coefficient (Wildman–Crippen LogP) is 4.58. The maximum absolute atomic E-state index is 12.5. The summed E-state index contributed by atoms with van der Waals surface area (Å²) in [5.74, 6) is 0.182. The van der Waals surface area contributed by atoms with Crippen molar-refractivity contribution in [2.24, 2.45) is 11.5 Å². The summed E-state index contributed by atoms with van der Waals surface area (Å²) >= 11 is 1.42. The van der Waals surface area contributed by atoms with Crippen LogP contribution < -0.4 is 21.5 Å². The number of nitrogens with one attached hydrogen (secondary N) is 2. The zero-order chi connectivity index (χ0) is 24.8. The molecule has 0 radical (unpaired) electrons. The van der Waals surface area contributed by atoms with Gasteiger partial charge in [0.05, 0.1) is 11.3 Å². The fourth-order valence-electron chi connectivity index (χ4n) is 3.50. The van der Waals surface area contributed by atoms with E-state index in [1.165, 1.54) is 11.3 Å². The number of amidine groups is 1. The standard InChI is InChI=1S/C26H24N4O4S/c27-24(31)13-16-9-11-18(12-10-16)30-26(32)33-15-21(17-5-2-1-3-6-17)34-20-7-4-8-22-19(20)14-23(35-22)25(28)29/h1-12,14,21H,13,15H2,(H2,27,31)(H3,28,29)(H,30,32). The van der Waals surface area contributed by atoms with Gasteiger partial charge in [-0.05, 0) is 41.5 Å². The first-order valence-corrected chi connectivity index (χ1v) is 11.6. The van der Waals surface area contributed by atoms with Crippen LogP contribution in [0, 0.1) is 5.41 Å². The minimum atomic E-state index is -0.634. The number of primary amides is 1. The minimum Gasteiger partial charge on any atom is -0.481 e. The molecule has 1 heterocycles. The van der Waals surface area contributed by atoms with Crippen molar-refractivity contribution in [2.75, 3.05) is 11.9 Å². The number of amides is 2. The molecule has 8 nitrogen and oxygen atoms in total. The number of ether oxygens (including phenoxy) is 2. The number of nitrogens with two attached hydrogens (primary N) is 2. The first-order valence-electron chi connectivity index (χ1n) is 10.8. The molecule has 0 saturated heterocycles. The van der Waals surface area contributed by atoms with E-state index >= 15 is 0 Å². The Morgan fingerprint density at radius 3 is 2.40 bits per heavy atom. The van der Waals surface area contributed by atoms with Crippen LogP contribution in [-0.4, -0.2) is 24.4 Å². The molecule has 0 aliphatic rings. The van der Waals surface area contributed by atoms with E-state index in [2.05, 4.69) is 5.32 Å². The fraction of sp³-hybridized carbons (Fsp3) is 0.115. The average molecular weight is 489 g/mol. The van der Waals surface area contributed by atoms with Gasteiger partial charge in [0.2, 0.25) is 5.91 Å². The molecule has 178 valence electrons. The van der Waals surface area contributed by atoms with Crippen LogP contribution in [0.3, 0.4) is 0 Å². The molecule has 1 aromatic heterocycles. The predicted molar refractivity (Wildman–Crippen MR) is 137 cm³/mol. The maximum Gasteiger partial charge on any atom is 0.411 e. The lowest BCUT2D eigenvalue weighted by atomic mass is 10.1. The Balaban J connectivity index is 1.47. The molecule has 6 N–H and O–H groups in total. The Bertz CT molecular complexity index is 1350. The zero-order valence-corrected chi connectivity index (χ0v) is 19.5. The Labute approximate surface area is 206 Å². The number of benzene rings is 3. The highest BCUT2D eigenvalue weighted by Crippen LogP contribution is 2.35. The van der Waals surface area contributed by atoms with Gasteiger partial charge in [-0.3, -0.25) is 15.5 Å². The van der Waals surface area contributed by atoms with Gasteiger partial charge in [0, 0.05) is 15.8 Å². The second kappa shape index (κ2) is 10.7. The molecule has 0 saturated carbocycles. The van der Waals surface area contributed by atoms with E-state index in [4.69, 9.17) is 26.4 Å². The van der Waals surface area contributed by atoms with Gasteiger partial charge in [0.1, 0.15) is 18.2 Å². The largest absolute Gasteiger partial charge is 0.481 e. The lowest BCUT2D eigenvalue weighted by molar-refractivity contribution is -0.117. The van der Waals surface area contributed by atoms with Crippen molar-refractivity contribution >= 4 is 44.9 Å². The van der Waals surface area contributed by atoms with Gasteiger partial charge in [0.25, 0.3) is 0 Å². The number of hydrogen-bond acceptors (Lipinski definition) is 6. The Morgan fingerprint density at radius 2 is 1.71 bits per heavy atom. The third kappa shape index (κ3) is 6.15. The summed E-state index contributed by atoms with van der Waals surface area (Å²) in [6, 6.07) is 23.7. The van der Waals surface area contributed by atoms with E-state index in [-0.39, 0.29) is 18.9 Å². The number of nitrogen functional groups attached to an aromatic ring is 1. The molecular weight excluding hydrogens is 464 g/mol. The number of fused-ring (bicyclic) bond motifs is 1. The summed E-state index contributed by atoms with van der Waals surface area (Å²) in [5.41, 5.74) is 13.0. The van der Waals surface area contributed by atoms with Crippen LogP contribution in [0.5, 0.6) is 5.75 Å². The molecule has 35 heavy (non-hydrogen) atoms. The highest BCUT2D eigenvalue weighted by atomic mass is 32.1. The summed E-state index contributed by atoms with van der Waals surface area (Å²) in [5, 5.41) is 11.2. The normalized spacial score (nSPS) is 11.5. The van der Waals surface area contributed by atoms with Gasteiger partial charge in [0.15, 0.2) is 6.10 Å². The second-order valence-electron chi connectivity index (χ2n) is 7.77. The molecule has 3 aromatic carbocycles. The molecule has 4 aromatic rings. The van der Waals surface area contributed by atoms with Crippen molar-refractivity contribution in [1.29, 1.82) is 5.41 Å². The van der Waals surface area contributed by atoms with Gasteiger partial charge < -0.3 is 20.9 Å². The van der Waals surface area contributed by atoms with Crippen LogP contribution in [0.4, 0.5) is 10.5 Å². The Hall–Kier alpha value is -4.37. The molecular formula is C26H24N4O4S. The van der Waals surface area contributed by atoms with Crippen molar-refractivity contribution < 1.29 is 19.1 Å². The SMILES string of the molecule is N=C(N)c1cc2c(OC(COC(=O)Nc3ccc(CC(N)=O)cc3)c3ccccc3)cccc2s1. The number of carbonyl (C=O) groups excluding carboxylic acids is 2. The molecule has 4 rings (SSSR count). The van der Waals surface area contributed by atoms with Crippen LogP contribution in [0.25, 0.3) is 10.1 Å². The molecule has 1 atom stereocenters. The number of rotatable bonds is 9. The highest BCUT2D eigenvalue weighted by molar-refractivity contribution is 7.20. The fourth-order valence-corrected chi connectivity index (χ4v) is 4.44. The number of hydrogen-bond donors (Lipinski definition) is 4. The topological polar surface area (TPSA) is 141 Å². The van der Waals surface area contributed by atoms with Gasteiger partial charge in [-0.15, -0.1) is 11.3 Å². The highest BCUT2D eigenvalue weighted by Gasteiger charge is 2.19. The smallest absolute Gasteiger partial charge is 0.411 e. The first kappa shape index (κ1) is 23.8. The van der Waals surface area contributed by atoms with E-state index < -0.39 is 18.1 Å². The van der Waals surface area contributed by atoms with Crippen LogP contribution in [0.1, 0.15) is 22.1 Å². The molecule has 0 aliphatic heterocycles. The van der Waals surface area contributed by atoms with E-state index in [1.807, 2.05) is 54.6 Å². The van der Waals surface area contributed by atoms with Crippen molar-refractivity contribution in [3.63, 3.8) is 0 Å². The second-order valence-corrected chi connectivity index (χ2v) is 8.86. The van der Waals surface area contributed by atoms with Crippen molar-refractivity contribution in [3.8, 4) is 5.75 Å². The molecule has 9 heteroatoms. The first-order chi connectivity index (χ1) is 16.9. The quantitative estimate of drug-likeness (QED) is 0.202. The third-order valence-electron chi connectivity index (χ3n) is 5.17. The summed E-state index contributed by atoms with van der Waals surface area (Å²) in [6.07, 6.45) is -1.07. The van der Waals surface area contributed by atoms with Crippen molar-refractivity contribution in [2.45, 2.75) is 12.5 Å². The van der Waals surface area contributed by atoms with E-state index in [0.717, 1.165) is 21.2 Å². The maximum atomic E-state index is 12.5. The minimum absolute atomic E-state index is 0.000534. The molecule has 0 fully saturated rings. The summed E-state index contributed by atoms with van der Waals surface area (Å²) in [4.78, 5) is 24.2. The van der Waals surface area contributed by atoms with E-state index in [0.29, 0.717) is 16.3 Å². The number of anilines is 1. The van der Waals surface area contributed by atoms with Gasteiger partial charge in [-0.25, -0.2) is 4.79 Å². The van der Waals surface area contributed by atoms with Crippen molar-refractivity contribution in [3.05, 3.63) is 94.9 Å². The molecule has 2 amide bonds. The zero-order valence-electron chi connectivity index (χ0n) is 18.7. The Morgan fingerprint density at radius 1 is 0.971 bits per heavy atom. The molecule has 0 aliphatic carbocycles. The van der Waals surface area contributed by atoms with Gasteiger partial charge in [-0.1, -0.05) is 48.5 Å². The van der Waals surface area contributed by atoms with Gasteiger partial charge in [-0.2, -0.15) is 0 Å². The number of thiophene rings is 1. The lowest BCUT2D eigenvalue weighted by Crippen LogP contribution is -2.21. The van der Waals surface area contributed by atoms with Crippen molar-refractivity contribution in [1.82, 2.24) is 0 Å². The van der Waals surface area contributed by atoms with Gasteiger partial charge >= 0.3 is 6.09 Å². The summed E-state index contributed by atoms with van der Waals surface area (Å²) in [7, 11) is 0. The average Bonchev–Trinajstić information content (AvgIpc) is 3.29. The summed E-state index contributed by atoms with van der Waals surface area (Å²) in [6.45, 7) is -0.0320. The summed E-state index contributed by atoms with van der Waals surface area (Å²) < 4.78 is 12.7. The monoisotopic (exact) mass is 488 g/mol. The third-order valence-corrected chi connectivity index (χ3v) is 6.31.